The molecule has 2 N–H and O–H groups in total. The first-order valence-corrected chi connectivity index (χ1v) is 12.6. The van der Waals surface area contributed by atoms with Crippen LogP contribution in [-0.4, -0.2) is 43.1 Å². The van der Waals surface area contributed by atoms with E-state index in [4.69, 9.17) is 0 Å². The zero-order valence-corrected chi connectivity index (χ0v) is 20.2. The molecule has 1 aliphatic heterocycles. The highest BCUT2D eigenvalue weighted by Crippen LogP contribution is 2.35. The third kappa shape index (κ3) is 3.97. The fraction of sp³-hybridized carbons (Fsp3) is 0.167. The highest BCUT2D eigenvalue weighted by Gasteiger charge is 2.17. The topological polar surface area (TPSA) is 73.5 Å². The van der Waals surface area contributed by atoms with E-state index in [0.717, 1.165) is 64.0 Å². The number of hydrogen-bond donors (Lipinski definition) is 2. The van der Waals surface area contributed by atoms with Crippen molar-refractivity contribution in [1.29, 1.82) is 0 Å². The molecule has 1 aliphatic rings. The van der Waals surface area contributed by atoms with E-state index in [-0.39, 0.29) is 5.82 Å². The lowest BCUT2D eigenvalue weighted by Gasteiger charge is -2.14. The number of hydrogen-bond acceptors (Lipinski definition) is 4. The van der Waals surface area contributed by atoms with Crippen LogP contribution in [-0.2, 0) is 6.54 Å². The fourth-order valence-electron chi connectivity index (χ4n) is 5.40. The summed E-state index contributed by atoms with van der Waals surface area (Å²) in [7, 11) is 0. The fourth-order valence-corrected chi connectivity index (χ4v) is 5.40. The van der Waals surface area contributed by atoms with Gasteiger partial charge in [-0.3, -0.25) is 15.0 Å². The van der Waals surface area contributed by atoms with E-state index in [1.54, 1.807) is 18.3 Å². The smallest absolute Gasteiger partial charge is 0.138 e. The van der Waals surface area contributed by atoms with E-state index >= 15 is 0 Å². The quantitative estimate of drug-likeness (QED) is 0.288. The Balaban J connectivity index is 1.29. The molecule has 5 heterocycles. The molecule has 37 heavy (non-hydrogen) atoms. The van der Waals surface area contributed by atoms with Crippen molar-refractivity contribution >= 4 is 21.9 Å². The first kappa shape index (κ1) is 21.9. The number of pyridine rings is 2. The van der Waals surface area contributed by atoms with Crippen LogP contribution in [0.4, 0.5) is 4.39 Å². The predicted octanol–water partition coefficient (Wildman–Crippen LogP) is 6.57. The van der Waals surface area contributed by atoms with Crippen molar-refractivity contribution in [3.8, 4) is 33.6 Å². The van der Waals surface area contributed by atoms with Gasteiger partial charge in [-0.2, -0.15) is 5.10 Å². The maximum absolute atomic E-state index is 14.6. The molecule has 1 fully saturated rings. The molecule has 2 aromatic carbocycles. The molecule has 0 bridgehead atoms. The number of rotatable bonds is 5. The van der Waals surface area contributed by atoms with E-state index < -0.39 is 0 Å². The summed E-state index contributed by atoms with van der Waals surface area (Å²) in [5.74, 6) is -0.256. The summed E-state index contributed by atoms with van der Waals surface area (Å²) in [5, 5.41) is 9.63. The summed E-state index contributed by atoms with van der Waals surface area (Å²) >= 11 is 0. The largest absolute Gasteiger partial charge is 0.338 e. The molecule has 0 spiro atoms. The van der Waals surface area contributed by atoms with E-state index in [9.17, 15) is 4.39 Å². The van der Waals surface area contributed by atoms with Gasteiger partial charge in [0.25, 0.3) is 0 Å². The van der Waals surface area contributed by atoms with E-state index in [2.05, 4.69) is 54.3 Å². The molecule has 7 heteroatoms. The van der Waals surface area contributed by atoms with Gasteiger partial charge in [0.1, 0.15) is 17.2 Å². The van der Waals surface area contributed by atoms with Crippen LogP contribution < -0.4 is 0 Å². The van der Waals surface area contributed by atoms with E-state index in [1.807, 2.05) is 30.6 Å². The number of H-pyrrole nitrogens is 2. The first-order chi connectivity index (χ1) is 18.2. The van der Waals surface area contributed by atoms with Gasteiger partial charge in [-0.25, -0.2) is 9.37 Å². The minimum absolute atomic E-state index is 0.256. The number of aromatic nitrogens is 5. The Labute approximate surface area is 213 Å². The molecule has 0 atom stereocenters. The number of nitrogens with one attached hydrogen (secondary N) is 2. The summed E-state index contributed by atoms with van der Waals surface area (Å²) in [6.07, 6.45) is 8.14. The van der Waals surface area contributed by atoms with Gasteiger partial charge in [0.2, 0.25) is 0 Å². The predicted molar refractivity (Wildman–Crippen MR) is 144 cm³/mol. The van der Waals surface area contributed by atoms with Gasteiger partial charge in [0.15, 0.2) is 0 Å². The molecular weight excluding hydrogens is 463 g/mol. The molecule has 1 saturated heterocycles. The number of benzene rings is 2. The minimum Gasteiger partial charge on any atom is -0.338 e. The minimum atomic E-state index is -0.256. The molecule has 182 valence electrons. The molecular formula is C30H25FN6. The van der Waals surface area contributed by atoms with Crippen LogP contribution in [0.3, 0.4) is 0 Å². The van der Waals surface area contributed by atoms with Gasteiger partial charge in [0, 0.05) is 47.0 Å². The Hall–Kier alpha value is -4.36. The second-order valence-electron chi connectivity index (χ2n) is 9.68. The van der Waals surface area contributed by atoms with Gasteiger partial charge < -0.3 is 4.98 Å². The maximum Gasteiger partial charge on any atom is 0.138 e. The normalized spacial score (nSPS) is 14.2. The van der Waals surface area contributed by atoms with Crippen LogP contribution in [0, 0.1) is 5.82 Å². The monoisotopic (exact) mass is 488 g/mol. The van der Waals surface area contributed by atoms with Gasteiger partial charge in [0.05, 0.1) is 11.2 Å². The third-order valence-corrected chi connectivity index (χ3v) is 7.25. The second-order valence-corrected chi connectivity index (χ2v) is 9.68. The van der Waals surface area contributed by atoms with Crippen LogP contribution in [0.25, 0.3) is 55.6 Å². The van der Waals surface area contributed by atoms with Crippen molar-refractivity contribution in [3.63, 3.8) is 0 Å². The van der Waals surface area contributed by atoms with Gasteiger partial charge in [-0.15, -0.1) is 0 Å². The summed E-state index contributed by atoms with van der Waals surface area (Å²) in [6.45, 7) is 3.26. The Morgan fingerprint density at radius 3 is 2.65 bits per heavy atom. The lowest BCUT2D eigenvalue weighted by atomic mass is 10.0. The van der Waals surface area contributed by atoms with Crippen molar-refractivity contribution in [2.45, 2.75) is 19.4 Å². The Morgan fingerprint density at radius 1 is 0.865 bits per heavy atom. The number of aromatic amines is 2. The van der Waals surface area contributed by atoms with Crippen LogP contribution in [0.5, 0.6) is 0 Å². The van der Waals surface area contributed by atoms with Crippen molar-refractivity contribution in [2.75, 3.05) is 13.1 Å². The lowest BCUT2D eigenvalue weighted by molar-refractivity contribution is 0.331. The molecule has 0 aliphatic carbocycles. The van der Waals surface area contributed by atoms with Gasteiger partial charge >= 0.3 is 0 Å². The highest BCUT2D eigenvalue weighted by molar-refractivity contribution is 6.00. The van der Waals surface area contributed by atoms with E-state index in [1.165, 1.54) is 24.5 Å². The molecule has 0 saturated carbocycles. The Morgan fingerprint density at radius 2 is 1.76 bits per heavy atom. The zero-order chi connectivity index (χ0) is 24.8. The van der Waals surface area contributed by atoms with Crippen molar-refractivity contribution in [2.24, 2.45) is 0 Å². The standard InChI is InChI=1S/C30H25FN6/c31-26-6-2-1-5-23(26)22-9-10-33-30-24(22)15-28(34-30)29-25-14-20(7-8-27(25)35-36-29)21-13-19(16-32-17-21)18-37-11-3-4-12-37/h1-2,5-10,13-17H,3-4,11-12,18H2,(H,33,34)(H,35,36). The molecule has 0 amide bonds. The van der Waals surface area contributed by atoms with Gasteiger partial charge in [-0.05, 0) is 79.0 Å². The number of nitrogens with zero attached hydrogens (tertiary/aromatic N) is 4. The van der Waals surface area contributed by atoms with Crippen LogP contribution in [0.15, 0.2) is 79.3 Å². The Kier molecular flexibility index (Phi) is 5.29. The van der Waals surface area contributed by atoms with Gasteiger partial charge in [-0.1, -0.05) is 24.3 Å². The van der Waals surface area contributed by atoms with Crippen molar-refractivity contribution in [3.05, 3.63) is 90.6 Å². The zero-order valence-electron chi connectivity index (χ0n) is 20.2. The SMILES string of the molecule is Fc1ccccc1-c1ccnc2[nH]c(-c3n[nH]c4ccc(-c5cncc(CN6CCCC6)c5)cc34)cc12. The Bertz CT molecular complexity index is 1740. The van der Waals surface area contributed by atoms with Crippen molar-refractivity contribution < 1.29 is 4.39 Å². The number of likely N-dealkylation sites (tertiary alicyclic amines) is 1. The van der Waals surface area contributed by atoms with Crippen LogP contribution in [0.1, 0.15) is 18.4 Å². The summed E-state index contributed by atoms with van der Waals surface area (Å²) in [6, 6.07) is 19.2. The first-order valence-electron chi connectivity index (χ1n) is 12.6. The van der Waals surface area contributed by atoms with Crippen LogP contribution in [0.2, 0.25) is 0 Å². The number of halogens is 1. The summed E-state index contributed by atoms with van der Waals surface area (Å²) in [4.78, 5) is 14.9. The van der Waals surface area contributed by atoms with E-state index in [0.29, 0.717) is 11.2 Å². The molecule has 0 unspecified atom stereocenters. The average molecular weight is 489 g/mol. The maximum atomic E-state index is 14.6. The summed E-state index contributed by atoms with van der Waals surface area (Å²) < 4.78 is 14.6. The highest BCUT2D eigenvalue weighted by atomic mass is 19.1. The molecule has 6 nitrogen and oxygen atoms in total. The van der Waals surface area contributed by atoms with Crippen LogP contribution >= 0.6 is 0 Å². The average Bonchev–Trinajstić information content (AvgIpc) is 3.68. The molecule has 7 rings (SSSR count). The van der Waals surface area contributed by atoms with Crippen molar-refractivity contribution in [1.82, 2.24) is 30.0 Å². The lowest BCUT2D eigenvalue weighted by Crippen LogP contribution is -2.18. The third-order valence-electron chi connectivity index (χ3n) is 7.25. The molecule has 0 radical (unpaired) electrons. The molecule has 4 aromatic heterocycles. The number of fused-ring (bicyclic) bond motifs is 2. The molecule has 6 aromatic rings. The summed E-state index contributed by atoms with van der Waals surface area (Å²) in [5.41, 5.74) is 8.03. The second kappa shape index (κ2) is 8.94.